The standard InChI is InChI=1S/C13H19F3N4/c1-12(2)5-3-4-8(7-12)18-10-6-9(13(14,15)16)19-11(17)20-10/h6,8H,3-5,7H2,1-2H3,(H3,17,18,19,20). The highest BCUT2D eigenvalue weighted by Crippen LogP contribution is 2.36. The number of nitrogens with two attached hydrogens (primary N) is 1. The van der Waals surface area contributed by atoms with Crippen LogP contribution in [0.5, 0.6) is 0 Å². The summed E-state index contributed by atoms with van der Waals surface area (Å²) < 4.78 is 38.0. The van der Waals surface area contributed by atoms with Crippen molar-refractivity contribution in [2.24, 2.45) is 5.41 Å². The van der Waals surface area contributed by atoms with Gasteiger partial charge in [0, 0.05) is 12.1 Å². The van der Waals surface area contributed by atoms with Gasteiger partial charge in [-0.2, -0.15) is 18.2 Å². The highest BCUT2D eigenvalue weighted by Gasteiger charge is 2.34. The molecule has 1 heterocycles. The molecule has 0 aliphatic heterocycles. The fraction of sp³-hybridized carbons (Fsp3) is 0.692. The Morgan fingerprint density at radius 1 is 1.35 bits per heavy atom. The summed E-state index contributed by atoms with van der Waals surface area (Å²) in [4.78, 5) is 7.07. The fourth-order valence-electron chi connectivity index (χ4n) is 2.72. The maximum atomic E-state index is 12.7. The van der Waals surface area contributed by atoms with Crippen molar-refractivity contribution in [1.82, 2.24) is 9.97 Å². The van der Waals surface area contributed by atoms with Crippen LogP contribution in [0.25, 0.3) is 0 Å². The van der Waals surface area contributed by atoms with Crippen LogP contribution in [0, 0.1) is 5.41 Å². The van der Waals surface area contributed by atoms with Gasteiger partial charge in [-0.1, -0.05) is 20.3 Å². The van der Waals surface area contributed by atoms with E-state index in [2.05, 4.69) is 29.1 Å². The second-order valence-corrected chi connectivity index (χ2v) is 6.10. The average Bonchev–Trinajstić information content (AvgIpc) is 2.25. The predicted octanol–water partition coefficient (Wildman–Crippen LogP) is 3.46. The molecule has 0 saturated heterocycles. The van der Waals surface area contributed by atoms with Crippen LogP contribution in [-0.2, 0) is 6.18 Å². The van der Waals surface area contributed by atoms with E-state index >= 15 is 0 Å². The predicted molar refractivity (Wildman–Crippen MR) is 71.1 cm³/mol. The van der Waals surface area contributed by atoms with E-state index in [9.17, 15) is 13.2 Å². The lowest BCUT2D eigenvalue weighted by Crippen LogP contribution is -2.32. The van der Waals surface area contributed by atoms with Gasteiger partial charge in [-0.25, -0.2) is 4.98 Å². The number of hydrogen-bond donors (Lipinski definition) is 2. The Hall–Kier alpha value is -1.53. The molecule has 0 spiro atoms. The molecule has 0 bridgehead atoms. The van der Waals surface area contributed by atoms with Gasteiger partial charge in [0.25, 0.3) is 0 Å². The zero-order valence-electron chi connectivity index (χ0n) is 11.6. The summed E-state index contributed by atoms with van der Waals surface area (Å²) in [6, 6.07) is 1.03. The molecular formula is C13H19F3N4. The van der Waals surface area contributed by atoms with Crippen LogP contribution in [0.2, 0.25) is 0 Å². The highest BCUT2D eigenvalue weighted by atomic mass is 19.4. The van der Waals surface area contributed by atoms with Crippen molar-refractivity contribution in [2.75, 3.05) is 11.1 Å². The van der Waals surface area contributed by atoms with Crippen LogP contribution < -0.4 is 11.1 Å². The molecule has 20 heavy (non-hydrogen) atoms. The van der Waals surface area contributed by atoms with Crippen LogP contribution in [0.3, 0.4) is 0 Å². The van der Waals surface area contributed by atoms with Crippen molar-refractivity contribution in [2.45, 2.75) is 51.7 Å². The number of aromatic nitrogens is 2. The second-order valence-electron chi connectivity index (χ2n) is 6.10. The molecule has 3 N–H and O–H groups in total. The summed E-state index contributed by atoms with van der Waals surface area (Å²) in [5.74, 6) is -0.218. The third-order valence-electron chi connectivity index (χ3n) is 3.59. The number of rotatable bonds is 2. The van der Waals surface area contributed by atoms with Gasteiger partial charge < -0.3 is 11.1 Å². The van der Waals surface area contributed by atoms with E-state index in [0.29, 0.717) is 0 Å². The lowest BCUT2D eigenvalue weighted by atomic mass is 9.75. The lowest BCUT2D eigenvalue weighted by Gasteiger charge is -2.35. The Balaban J connectivity index is 2.15. The van der Waals surface area contributed by atoms with Crippen LogP contribution in [-0.4, -0.2) is 16.0 Å². The Morgan fingerprint density at radius 2 is 2.05 bits per heavy atom. The number of alkyl halides is 3. The summed E-state index contributed by atoms with van der Waals surface area (Å²) in [6.45, 7) is 4.33. The van der Waals surface area contributed by atoms with Crippen molar-refractivity contribution in [3.63, 3.8) is 0 Å². The van der Waals surface area contributed by atoms with E-state index in [0.717, 1.165) is 31.7 Å². The first-order valence-electron chi connectivity index (χ1n) is 6.64. The number of nitrogens with one attached hydrogen (secondary N) is 1. The van der Waals surface area contributed by atoms with E-state index in [-0.39, 0.29) is 23.2 Å². The second kappa shape index (κ2) is 5.10. The van der Waals surface area contributed by atoms with Crippen molar-refractivity contribution < 1.29 is 13.2 Å². The summed E-state index contributed by atoms with van der Waals surface area (Å²) in [6.07, 6.45) is -0.505. The molecule has 1 atom stereocenters. The minimum atomic E-state index is -4.51. The van der Waals surface area contributed by atoms with Crippen LogP contribution in [0.15, 0.2) is 6.07 Å². The molecule has 4 nitrogen and oxygen atoms in total. The van der Waals surface area contributed by atoms with Crippen molar-refractivity contribution in [1.29, 1.82) is 0 Å². The van der Waals surface area contributed by atoms with Crippen molar-refractivity contribution >= 4 is 11.8 Å². The van der Waals surface area contributed by atoms with E-state index in [1.165, 1.54) is 0 Å². The number of hydrogen-bond acceptors (Lipinski definition) is 4. The molecule has 1 aliphatic carbocycles. The Bertz CT molecular complexity index is 485. The molecule has 0 radical (unpaired) electrons. The molecule has 0 aromatic carbocycles. The molecule has 1 aromatic heterocycles. The summed E-state index contributed by atoms with van der Waals surface area (Å²) >= 11 is 0. The Labute approximate surface area is 116 Å². The van der Waals surface area contributed by atoms with Gasteiger partial charge in [0.15, 0.2) is 5.69 Å². The molecule has 0 amide bonds. The molecule has 1 aromatic rings. The molecule has 1 aliphatic rings. The average molecular weight is 288 g/mol. The topological polar surface area (TPSA) is 63.8 Å². The molecule has 7 heteroatoms. The van der Waals surface area contributed by atoms with Crippen LogP contribution in [0.4, 0.5) is 24.9 Å². The van der Waals surface area contributed by atoms with E-state index in [1.807, 2.05) is 0 Å². The highest BCUT2D eigenvalue weighted by molar-refractivity contribution is 5.42. The zero-order valence-corrected chi connectivity index (χ0v) is 11.6. The summed E-state index contributed by atoms with van der Waals surface area (Å²) in [5.41, 5.74) is 4.54. The first-order valence-corrected chi connectivity index (χ1v) is 6.64. The van der Waals surface area contributed by atoms with Crippen LogP contribution in [0.1, 0.15) is 45.2 Å². The van der Waals surface area contributed by atoms with Gasteiger partial charge in [-0.15, -0.1) is 0 Å². The minimum absolute atomic E-state index is 0.120. The Kier molecular flexibility index (Phi) is 3.80. The fourth-order valence-corrected chi connectivity index (χ4v) is 2.72. The SMILES string of the molecule is CC1(C)CCCC(Nc2cc(C(F)(F)F)nc(N)n2)C1. The van der Waals surface area contributed by atoms with Crippen molar-refractivity contribution in [3.05, 3.63) is 11.8 Å². The molecular weight excluding hydrogens is 269 g/mol. The zero-order chi connectivity index (χ0) is 15.0. The van der Waals surface area contributed by atoms with Gasteiger partial charge in [-0.3, -0.25) is 0 Å². The third-order valence-corrected chi connectivity index (χ3v) is 3.59. The van der Waals surface area contributed by atoms with Gasteiger partial charge in [-0.05, 0) is 24.7 Å². The van der Waals surface area contributed by atoms with Crippen LogP contribution >= 0.6 is 0 Å². The van der Waals surface area contributed by atoms with Gasteiger partial charge in [0.2, 0.25) is 5.95 Å². The molecule has 112 valence electrons. The van der Waals surface area contributed by atoms with E-state index in [4.69, 9.17) is 5.73 Å². The first-order chi connectivity index (χ1) is 9.16. The smallest absolute Gasteiger partial charge is 0.368 e. The maximum Gasteiger partial charge on any atom is 0.433 e. The number of anilines is 2. The lowest BCUT2D eigenvalue weighted by molar-refractivity contribution is -0.141. The van der Waals surface area contributed by atoms with Gasteiger partial charge >= 0.3 is 6.18 Å². The van der Waals surface area contributed by atoms with E-state index < -0.39 is 11.9 Å². The monoisotopic (exact) mass is 288 g/mol. The Morgan fingerprint density at radius 3 is 2.65 bits per heavy atom. The van der Waals surface area contributed by atoms with Gasteiger partial charge in [0.1, 0.15) is 5.82 Å². The normalized spacial score (nSPS) is 22.6. The first kappa shape index (κ1) is 14.9. The molecule has 2 rings (SSSR count). The molecule has 1 unspecified atom stereocenters. The quantitative estimate of drug-likeness (QED) is 0.874. The third kappa shape index (κ3) is 3.74. The van der Waals surface area contributed by atoms with E-state index in [1.54, 1.807) is 0 Å². The molecule has 1 fully saturated rings. The summed E-state index contributed by atoms with van der Waals surface area (Å²) in [5, 5.41) is 3.06. The summed E-state index contributed by atoms with van der Waals surface area (Å²) in [7, 11) is 0. The number of nitrogen functional groups attached to an aromatic ring is 1. The molecule has 1 saturated carbocycles. The number of halogens is 3. The largest absolute Gasteiger partial charge is 0.433 e. The maximum absolute atomic E-state index is 12.7. The van der Waals surface area contributed by atoms with Gasteiger partial charge in [0.05, 0.1) is 0 Å². The minimum Gasteiger partial charge on any atom is -0.368 e. The van der Waals surface area contributed by atoms with Crippen molar-refractivity contribution in [3.8, 4) is 0 Å². The number of nitrogens with zero attached hydrogens (tertiary/aromatic N) is 2.